The SMILES string of the molecule is CN(C)C(=S)N(C)CCCN(C)C(=S)N(C)C. The summed E-state index contributed by atoms with van der Waals surface area (Å²) in [5.41, 5.74) is 0. The Labute approximate surface area is 116 Å². The molecule has 0 rings (SSSR count). The summed E-state index contributed by atoms with van der Waals surface area (Å²) in [6, 6.07) is 0. The summed E-state index contributed by atoms with van der Waals surface area (Å²) in [5, 5.41) is 1.73. The Morgan fingerprint density at radius 3 is 1.24 bits per heavy atom. The molecule has 0 aliphatic carbocycles. The lowest BCUT2D eigenvalue weighted by Crippen LogP contribution is -2.40. The van der Waals surface area contributed by atoms with Crippen molar-refractivity contribution in [3.63, 3.8) is 0 Å². The van der Waals surface area contributed by atoms with Crippen LogP contribution in [0.15, 0.2) is 0 Å². The lowest BCUT2D eigenvalue weighted by Gasteiger charge is -2.28. The summed E-state index contributed by atoms with van der Waals surface area (Å²) < 4.78 is 0. The Morgan fingerprint density at radius 2 is 1.00 bits per heavy atom. The molecular weight excluding hydrogens is 252 g/mol. The zero-order valence-corrected chi connectivity index (χ0v) is 13.4. The summed E-state index contributed by atoms with van der Waals surface area (Å²) in [4.78, 5) is 8.07. The number of hydrogen-bond donors (Lipinski definition) is 0. The fraction of sp³-hybridized carbons (Fsp3) is 0.818. The fourth-order valence-electron chi connectivity index (χ4n) is 1.42. The van der Waals surface area contributed by atoms with E-state index in [0.29, 0.717) is 0 Å². The zero-order valence-electron chi connectivity index (χ0n) is 11.7. The molecule has 0 amide bonds. The van der Waals surface area contributed by atoms with Gasteiger partial charge in [0.2, 0.25) is 0 Å². The molecule has 4 nitrogen and oxygen atoms in total. The first kappa shape index (κ1) is 16.4. The van der Waals surface area contributed by atoms with Gasteiger partial charge >= 0.3 is 0 Å². The molecule has 0 atom stereocenters. The maximum atomic E-state index is 5.28. The van der Waals surface area contributed by atoms with E-state index < -0.39 is 0 Å². The first-order valence-corrected chi connectivity index (χ1v) is 6.43. The van der Waals surface area contributed by atoms with E-state index >= 15 is 0 Å². The number of rotatable bonds is 4. The molecule has 100 valence electrons. The van der Waals surface area contributed by atoms with Crippen LogP contribution in [0.3, 0.4) is 0 Å². The van der Waals surface area contributed by atoms with Crippen molar-refractivity contribution >= 4 is 34.7 Å². The van der Waals surface area contributed by atoms with E-state index in [1.54, 1.807) is 0 Å². The summed E-state index contributed by atoms with van der Waals surface area (Å²) >= 11 is 10.6. The molecule has 0 saturated heterocycles. The van der Waals surface area contributed by atoms with E-state index in [-0.39, 0.29) is 0 Å². The lowest BCUT2D eigenvalue weighted by atomic mass is 10.4. The summed E-state index contributed by atoms with van der Waals surface area (Å²) in [6.07, 6.45) is 1.04. The van der Waals surface area contributed by atoms with Crippen molar-refractivity contribution in [3.8, 4) is 0 Å². The van der Waals surface area contributed by atoms with Crippen molar-refractivity contribution in [3.05, 3.63) is 0 Å². The Balaban J connectivity index is 3.92. The Hall–Kier alpha value is -0.620. The van der Waals surface area contributed by atoms with Crippen molar-refractivity contribution in [2.24, 2.45) is 0 Å². The third-order valence-electron chi connectivity index (χ3n) is 2.41. The van der Waals surface area contributed by atoms with Crippen LogP contribution in [0.1, 0.15) is 6.42 Å². The minimum atomic E-state index is 0.864. The zero-order chi connectivity index (χ0) is 13.6. The first-order chi connectivity index (χ1) is 7.77. The topological polar surface area (TPSA) is 13.0 Å². The highest BCUT2D eigenvalue weighted by Crippen LogP contribution is 1.98. The van der Waals surface area contributed by atoms with Crippen LogP contribution in [-0.2, 0) is 0 Å². The molecule has 0 fully saturated rings. The highest BCUT2D eigenvalue weighted by molar-refractivity contribution is 7.80. The molecule has 0 aromatic carbocycles. The molecule has 0 spiro atoms. The number of thiocarbonyl (C=S) groups is 2. The van der Waals surface area contributed by atoms with E-state index in [0.717, 1.165) is 29.7 Å². The predicted molar refractivity (Wildman–Crippen MR) is 82.4 cm³/mol. The van der Waals surface area contributed by atoms with Gasteiger partial charge in [0.1, 0.15) is 0 Å². The van der Waals surface area contributed by atoms with Crippen LogP contribution in [0.4, 0.5) is 0 Å². The molecule has 0 bridgehead atoms. The third-order valence-corrected chi connectivity index (χ3v) is 3.76. The van der Waals surface area contributed by atoms with Gasteiger partial charge in [-0.1, -0.05) is 0 Å². The minimum Gasteiger partial charge on any atom is -0.355 e. The van der Waals surface area contributed by atoms with Gasteiger partial charge in [0.05, 0.1) is 0 Å². The standard InChI is InChI=1S/C11H24N4S2/c1-12(2)10(16)14(5)8-7-9-15(6)11(17)13(3)4/h7-9H2,1-6H3. The molecule has 0 N–H and O–H groups in total. The van der Waals surface area contributed by atoms with Crippen LogP contribution in [0, 0.1) is 0 Å². The highest BCUT2D eigenvalue weighted by Gasteiger charge is 2.08. The molecule has 0 aliphatic heterocycles. The summed E-state index contributed by atoms with van der Waals surface area (Å²) in [7, 11) is 11.9. The Bertz CT molecular complexity index is 240. The quantitative estimate of drug-likeness (QED) is 0.704. The van der Waals surface area contributed by atoms with Crippen molar-refractivity contribution in [2.75, 3.05) is 55.4 Å². The third kappa shape index (κ3) is 6.02. The van der Waals surface area contributed by atoms with Crippen LogP contribution < -0.4 is 0 Å². The molecule has 0 aromatic rings. The number of nitrogens with zero attached hydrogens (tertiary/aromatic N) is 4. The monoisotopic (exact) mass is 276 g/mol. The molecule has 0 aromatic heterocycles. The molecule has 0 aliphatic rings. The second-order valence-electron chi connectivity index (χ2n) is 4.55. The average molecular weight is 276 g/mol. The minimum absolute atomic E-state index is 0.864. The van der Waals surface area contributed by atoms with E-state index in [4.69, 9.17) is 24.4 Å². The van der Waals surface area contributed by atoms with Gasteiger partial charge < -0.3 is 19.6 Å². The van der Waals surface area contributed by atoms with Crippen molar-refractivity contribution in [1.82, 2.24) is 19.6 Å². The molecule has 17 heavy (non-hydrogen) atoms. The second kappa shape index (κ2) is 7.66. The van der Waals surface area contributed by atoms with Gasteiger partial charge in [-0.25, -0.2) is 0 Å². The molecule has 6 heteroatoms. The van der Waals surface area contributed by atoms with E-state index in [1.165, 1.54) is 0 Å². The lowest BCUT2D eigenvalue weighted by molar-refractivity contribution is 0.380. The first-order valence-electron chi connectivity index (χ1n) is 5.62. The van der Waals surface area contributed by atoms with Crippen molar-refractivity contribution < 1.29 is 0 Å². The number of hydrogen-bond acceptors (Lipinski definition) is 2. The van der Waals surface area contributed by atoms with Gasteiger partial charge in [0.25, 0.3) is 0 Å². The van der Waals surface area contributed by atoms with Gasteiger partial charge in [0.15, 0.2) is 10.2 Å². The van der Waals surface area contributed by atoms with Crippen LogP contribution in [-0.4, -0.2) is 85.2 Å². The van der Waals surface area contributed by atoms with Crippen molar-refractivity contribution in [1.29, 1.82) is 0 Å². The maximum Gasteiger partial charge on any atom is 0.170 e. The van der Waals surface area contributed by atoms with Gasteiger partial charge in [-0.3, -0.25) is 0 Å². The fourth-order valence-corrected chi connectivity index (χ4v) is 1.60. The smallest absolute Gasteiger partial charge is 0.170 e. The second-order valence-corrected chi connectivity index (χ2v) is 5.28. The van der Waals surface area contributed by atoms with Crippen LogP contribution in [0.5, 0.6) is 0 Å². The molecule has 0 heterocycles. The van der Waals surface area contributed by atoms with Gasteiger partial charge in [-0.2, -0.15) is 0 Å². The van der Waals surface area contributed by atoms with Crippen molar-refractivity contribution in [2.45, 2.75) is 6.42 Å². The Morgan fingerprint density at radius 1 is 0.706 bits per heavy atom. The van der Waals surface area contributed by atoms with Crippen LogP contribution in [0.25, 0.3) is 0 Å². The summed E-state index contributed by atoms with van der Waals surface area (Å²) in [5.74, 6) is 0. The van der Waals surface area contributed by atoms with E-state index in [9.17, 15) is 0 Å². The van der Waals surface area contributed by atoms with Crippen LogP contribution >= 0.6 is 24.4 Å². The Kier molecular flexibility index (Phi) is 7.38. The largest absolute Gasteiger partial charge is 0.355 e. The molecular formula is C11H24N4S2. The summed E-state index contributed by atoms with van der Waals surface area (Å²) in [6.45, 7) is 1.88. The van der Waals surface area contributed by atoms with E-state index in [1.807, 2.05) is 52.1 Å². The average Bonchev–Trinajstić information content (AvgIpc) is 2.26. The van der Waals surface area contributed by atoms with Crippen LogP contribution in [0.2, 0.25) is 0 Å². The van der Waals surface area contributed by atoms with E-state index in [2.05, 4.69) is 9.80 Å². The highest BCUT2D eigenvalue weighted by atomic mass is 32.1. The molecule has 0 saturated carbocycles. The van der Waals surface area contributed by atoms with Gasteiger partial charge in [-0.05, 0) is 30.9 Å². The maximum absolute atomic E-state index is 5.28. The van der Waals surface area contributed by atoms with Gasteiger partial charge in [0, 0.05) is 55.4 Å². The molecule has 0 unspecified atom stereocenters. The molecule has 0 radical (unpaired) electrons. The van der Waals surface area contributed by atoms with Gasteiger partial charge in [-0.15, -0.1) is 0 Å². The normalized spacial score (nSPS) is 9.76. The predicted octanol–water partition coefficient (Wildman–Crippen LogP) is 0.933.